The number of ether oxygens (including phenoxy) is 2. The van der Waals surface area contributed by atoms with E-state index < -0.39 is 43.2 Å². The molecule has 7 nitrogen and oxygen atoms in total. The summed E-state index contributed by atoms with van der Waals surface area (Å²) in [4.78, 5) is 32.8. The van der Waals surface area contributed by atoms with Crippen LogP contribution in [0.2, 0.25) is 0 Å². The predicted molar refractivity (Wildman–Crippen MR) is 57.4 cm³/mol. The van der Waals surface area contributed by atoms with Gasteiger partial charge in [-0.3, -0.25) is 4.79 Å². The first-order valence-corrected chi connectivity index (χ1v) is 4.83. The average Bonchev–Trinajstić information content (AvgIpc) is 2.20. The lowest BCUT2D eigenvalue weighted by Crippen LogP contribution is -2.46. The summed E-state index contributed by atoms with van der Waals surface area (Å²) in [5, 5.41) is 10.9. The molecule has 0 spiro atoms. The second-order valence-corrected chi connectivity index (χ2v) is 4.22. The van der Waals surface area contributed by atoms with Crippen LogP contribution in [-0.4, -0.2) is 41.4 Å². The van der Waals surface area contributed by atoms with Crippen molar-refractivity contribution in [3.05, 3.63) is 0 Å². The van der Waals surface area contributed by atoms with Gasteiger partial charge < -0.3 is 19.9 Å². The molecule has 0 heterocycles. The van der Waals surface area contributed by atoms with Crippen molar-refractivity contribution in [3.63, 3.8) is 0 Å². The van der Waals surface area contributed by atoms with Crippen LogP contribution in [0.5, 0.6) is 0 Å². The Morgan fingerprint density at radius 2 is 2.00 bits per heavy atom. The highest BCUT2D eigenvalue weighted by Gasteiger charge is 2.24. The van der Waals surface area contributed by atoms with E-state index in [1.54, 1.807) is 20.8 Å². The SMILES string of the molecule is [2H]CC(=O)OC[C@H](NC(=O)OC(C)(C)C)C(=O)O. The molecular weight excluding hydrogens is 230 g/mol. The maximum atomic E-state index is 11.3. The van der Waals surface area contributed by atoms with Gasteiger partial charge >= 0.3 is 18.0 Å². The van der Waals surface area contributed by atoms with E-state index in [-0.39, 0.29) is 0 Å². The molecule has 2 N–H and O–H groups in total. The predicted octanol–water partition coefficient (Wildman–Crippen LogP) is 0.527. The molecule has 0 aromatic carbocycles. The van der Waals surface area contributed by atoms with Crippen molar-refractivity contribution in [2.24, 2.45) is 0 Å². The summed E-state index contributed by atoms with van der Waals surface area (Å²) in [6.45, 7) is 3.72. The Bertz CT molecular complexity index is 325. The standard InChI is InChI=1S/C10H17NO6/c1-6(12)16-5-7(8(13)14)11-9(15)17-10(2,3)4/h7H,5H2,1-4H3,(H,11,15)(H,13,14)/t7-/m0/s1/i1D. The van der Waals surface area contributed by atoms with Crippen LogP contribution in [0.25, 0.3) is 0 Å². The first-order valence-electron chi connectivity index (χ1n) is 5.53. The van der Waals surface area contributed by atoms with E-state index in [4.69, 9.17) is 11.2 Å². The monoisotopic (exact) mass is 248 g/mol. The fourth-order valence-corrected chi connectivity index (χ4v) is 0.801. The van der Waals surface area contributed by atoms with Crippen LogP contribution < -0.4 is 5.32 Å². The fourth-order valence-electron chi connectivity index (χ4n) is 0.801. The Morgan fingerprint density at radius 3 is 2.41 bits per heavy atom. The molecule has 0 aliphatic rings. The van der Waals surface area contributed by atoms with Crippen LogP contribution in [0.1, 0.15) is 29.0 Å². The number of carboxylic acids is 1. The maximum absolute atomic E-state index is 11.3. The zero-order chi connectivity index (χ0) is 14.3. The molecule has 98 valence electrons. The number of carbonyl (C=O) groups excluding carboxylic acids is 2. The van der Waals surface area contributed by atoms with Gasteiger partial charge in [0.05, 0.1) is 0 Å². The van der Waals surface area contributed by atoms with Gasteiger partial charge in [0.2, 0.25) is 0 Å². The Hall–Kier alpha value is -1.79. The Balaban J connectivity index is 4.32. The second-order valence-electron chi connectivity index (χ2n) is 4.22. The smallest absolute Gasteiger partial charge is 0.408 e. The van der Waals surface area contributed by atoms with Crippen LogP contribution >= 0.6 is 0 Å². The van der Waals surface area contributed by atoms with Crippen LogP contribution in [0.15, 0.2) is 0 Å². The zero-order valence-electron chi connectivity index (χ0n) is 11.0. The zero-order valence-corrected chi connectivity index (χ0v) is 9.98. The van der Waals surface area contributed by atoms with Crippen LogP contribution in [0, 0.1) is 0 Å². The van der Waals surface area contributed by atoms with Crippen molar-refractivity contribution in [1.82, 2.24) is 5.32 Å². The normalized spacial score (nSPS) is 13.2. The molecule has 0 radical (unpaired) electrons. The molecule has 0 bridgehead atoms. The summed E-state index contributed by atoms with van der Waals surface area (Å²) in [6.07, 6.45) is -0.920. The summed E-state index contributed by atoms with van der Waals surface area (Å²) in [5.74, 6) is -2.23. The molecule has 1 amide bonds. The summed E-state index contributed by atoms with van der Waals surface area (Å²) in [7, 11) is 0. The van der Waals surface area contributed by atoms with Gasteiger partial charge in [-0.15, -0.1) is 0 Å². The van der Waals surface area contributed by atoms with Crippen molar-refractivity contribution < 1.29 is 30.3 Å². The number of alkyl carbamates (subject to hydrolysis) is 1. The quantitative estimate of drug-likeness (QED) is 0.703. The van der Waals surface area contributed by atoms with Crippen molar-refractivity contribution in [1.29, 1.82) is 0 Å². The topological polar surface area (TPSA) is 102 Å². The van der Waals surface area contributed by atoms with Gasteiger partial charge in [-0.1, -0.05) is 0 Å². The van der Waals surface area contributed by atoms with Crippen molar-refractivity contribution in [3.8, 4) is 0 Å². The molecular formula is C10H17NO6. The number of rotatable bonds is 4. The molecule has 0 saturated heterocycles. The van der Waals surface area contributed by atoms with Gasteiger partial charge in [0.25, 0.3) is 0 Å². The first-order chi connectivity index (χ1) is 8.15. The first kappa shape index (κ1) is 13.3. The van der Waals surface area contributed by atoms with Gasteiger partial charge in [-0.2, -0.15) is 0 Å². The molecule has 0 aliphatic carbocycles. The van der Waals surface area contributed by atoms with E-state index in [9.17, 15) is 14.4 Å². The molecule has 0 fully saturated rings. The van der Waals surface area contributed by atoms with Crippen molar-refractivity contribution in [2.45, 2.75) is 39.3 Å². The molecule has 0 aliphatic heterocycles. The van der Waals surface area contributed by atoms with Gasteiger partial charge in [0.15, 0.2) is 6.04 Å². The van der Waals surface area contributed by atoms with Crippen LogP contribution in [0.3, 0.4) is 0 Å². The number of hydrogen-bond acceptors (Lipinski definition) is 5. The van der Waals surface area contributed by atoms with Gasteiger partial charge in [-0.05, 0) is 20.8 Å². The Labute approximate surface area is 100 Å². The minimum absolute atomic E-state index is 0.549. The largest absolute Gasteiger partial charge is 0.480 e. The molecule has 0 aromatic heterocycles. The maximum Gasteiger partial charge on any atom is 0.408 e. The lowest BCUT2D eigenvalue weighted by molar-refractivity contribution is -0.147. The third-order valence-corrected chi connectivity index (χ3v) is 1.40. The van der Waals surface area contributed by atoms with E-state index in [0.29, 0.717) is 0 Å². The highest BCUT2D eigenvalue weighted by molar-refractivity contribution is 5.80. The minimum Gasteiger partial charge on any atom is -0.480 e. The molecule has 1 atom stereocenters. The molecule has 17 heavy (non-hydrogen) atoms. The summed E-state index contributed by atoms with van der Waals surface area (Å²) in [6, 6.07) is -1.41. The highest BCUT2D eigenvalue weighted by atomic mass is 16.6. The number of carbonyl (C=O) groups is 3. The van der Waals surface area contributed by atoms with E-state index in [0.717, 1.165) is 0 Å². The second kappa shape index (κ2) is 6.07. The van der Waals surface area contributed by atoms with E-state index >= 15 is 0 Å². The third kappa shape index (κ3) is 8.06. The lowest BCUT2D eigenvalue weighted by Gasteiger charge is -2.21. The average molecular weight is 248 g/mol. The van der Waals surface area contributed by atoms with E-state index in [2.05, 4.69) is 10.1 Å². The number of esters is 1. The van der Waals surface area contributed by atoms with Crippen molar-refractivity contribution in [2.75, 3.05) is 6.61 Å². The van der Waals surface area contributed by atoms with Gasteiger partial charge in [-0.25, -0.2) is 9.59 Å². The third-order valence-electron chi connectivity index (χ3n) is 1.40. The van der Waals surface area contributed by atoms with Crippen molar-refractivity contribution >= 4 is 18.0 Å². The van der Waals surface area contributed by atoms with Crippen LogP contribution in [-0.2, 0) is 19.1 Å². The molecule has 0 saturated carbocycles. The minimum atomic E-state index is -1.41. The number of nitrogens with one attached hydrogen (secondary N) is 1. The summed E-state index contributed by atoms with van der Waals surface area (Å²) in [5.41, 5.74) is -0.759. The lowest BCUT2D eigenvalue weighted by atomic mass is 10.2. The van der Waals surface area contributed by atoms with Crippen LogP contribution in [0.4, 0.5) is 4.79 Å². The summed E-state index contributed by atoms with van der Waals surface area (Å²) >= 11 is 0. The molecule has 0 aromatic rings. The number of aliphatic carboxylic acids is 1. The van der Waals surface area contributed by atoms with E-state index in [1.165, 1.54) is 0 Å². The Morgan fingerprint density at radius 1 is 1.41 bits per heavy atom. The number of hydrogen-bond donors (Lipinski definition) is 2. The highest BCUT2D eigenvalue weighted by Crippen LogP contribution is 2.06. The molecule has 7 heteroatoms. The Kier molecular flexibility index (Phi) is 4.74. The van der Waals surface area contributed by atoms with Gasteiger partial charge in [0, 0.05) is 8.27 Å². The molecule has 0 unspecified atom stereocenters. The number of carboxylic acid groups (broad SMARTS) is 1. The molecule has 0 rings (SSSR count). The van der Waals surface area contributed by atoms with Gasteiger partial charge in [0.1, 0.15) is 12.2 Å². The summed E-state index contributed by atoms with van der Waals surface area (Å²) < 4.78 is 16.0. The fraction of sp³-hybridized carbons (Fsp3) is 0.700. The van der Waals surface area contributed by atoms with E-state index in [1.807, 2.05) is 0 Å². The number of amides is 1.